The summed E-state index contributed by atoms with van der Waals surface area (Å²) in [5.41, 5.74) is 1.17. The number of hydrogen-bond donors (Lipinski definition) is 1. The average Bonchev–Trinajstić information content (AvgIpc) is 2.39. The van der Waals surface area contributed by atoms with E-state index in [1.54, 1.807) is 12.1 Å². The summed E-state index contributed by atoms with van der Waals surface area (Å²) in [4.78, 5) is 0. The Kier molecular flexibility index (Phi) is 5.20. The summed E-state index contributed by atoms with van der Waals surface area (Å²) in [6.07, 6.45) is 3.94. The van der Waals surface area contributed by atoms with E-state index < -0.39 is 0 Å². The van der Waals surface area contributed by atoms with E-state index in [2.05, 4.69) is 33.0 Å². The molecular weight excluding hydrogens is 249 g/mol. The van der Waals surface area contributed by atoms with Crippen LogP contribution in [0.5, 0.6) is 0 Å². The normalized spacial score (nSPS) is 28.6. The number of nitrogens with one attached hydrogen (secondary N) is 1. The van der Waals surface area contributed by atoms with Gasteiger partial charge in [0.1, 0.15) is 5.82 Å². The van der Waals surface area contributed by atoms with Crippen LogP contribution in [-0.2, 0) is 0 Å². The van der Waals surface area contributed by atoms with Gasteiger partial charge in [-0.1, -0.05) is 39.3 Å². The van der Waals surface area contributed by atoms with Crippen molar-refractivity contribution in [2.75, 3.05) is 0 Å². The van der Waals surface area contributed by atoms with Crippen LogP contribution in [0, 0.1) is 23.6 Å². The molecule has 112 valence electrons. The first kappa shape index (κ1) is 15.5. The summed E-state index contributed by atoms with van der Waals surface area (Å²) in [5, 5.41) is 3.79. The zero-order valence-electron chi connectivity index (χ0n) is 13.2. The van der Waals surface area contributed by atoms with Crippen LogP contribution < -0.4 is 5.32 Å². The van der Waals surface area contributed by atoms with Crippen molar-refractivity contribution in [1.29, 1.82) is 0 Å². The van der Waals surface area contributed by atoms with Crippen LogP contribution in [-0.4, -0.2) is 6.04 Å². The summed E-state index contributed by atoms with van der Waals surface area (Å²) in [5.74, 6) is 2.13. The molecule has 0 amide bonds. The van der Waals surface area contributed by atoms with Crippen molar-refractivity contribution in [2.24, 2.45) is 17.8 Å². The minimum atomic E-state index is -0.160. The monoisotopic (exact) mass is 277 g/mol. The quantitative estimate of drug-likeness (QED) is 0.822. The number of benzene rings is 1. The molecule has 1 nitrogen and oxygen atoms in total. The molecule has 4 atom stereocenters. The lowest BCUT2D eigenvalue weighted by Gasteiger charge is -2.39. The van der Waals surface area contributed by atoms with Gasteiger partial charge >= 0.3 is 0 Å². The van der Waals surface area contributed by atoms with Gasteiger partial charge in [-0.05, 0) is 55.2 Å². The molecule has 1 aromatic rings. The van der Waals surface area contributed by atoms with Gasteiger partial charge in [0, 0.05) is 12.1 Å². The Labute approximate surface area is 123 Å². The molecule has 0 radical (unpaired) electrons. The van der Waals surface area contributed by atoms with Crippen LogP contribution in [0.1, 0.15) is 58.6 Å². The molecule has 1 aliphatic rings. The smallest absolute Gasteiger partial charge is 0.123 e. The van der Waals surface area contributed by atoms with Crippen molar-refractivity contribution in [3.63, 3.8) is 0 Å². The van der Waals surface area contributed by atoms with Gasteiger partial charge in [0.15, 0.2) is 0 Å². The van der Waals surface area contributed by atoms with Gasteiger partial charge in [-0.25, -0.2) is 4.39 Å². The average molecular weight is 277 g/mol. The molecule has 0 spiro atoms. The topological polar surface area (TPSA) is 12.0 Å². The summed E-state index contributed by atoms with van der Waals surface area (Å²) in [6, 6.07) is 7.76. The molecule has 3 unspecified atom stereocenters. The summed E-state index contributed by atoms with van der Waals surface area (Å²) in [7, 11) is 0. The number of rotatable bonds is 4. The highest BCUT2D eigenvalue weighted by atomic mass is 19.1. The Hall–Kier alpha value is -0.890. The molecule has 20 heavy (non-hydrogen) atoms. The Morgan fingerprint density at radius 2 is 1.75 bits per heavy atom. The molecule has 1 aliphatic carbocycles. The first-order valence-corrected chi connectivity index (χ1v) is 7.99. The Morgan fingerprint density at radius 3 is 2.35 bits per heavy atom. The minimum Gasteiger partial charge on any atom is -0.307 e. The molecule has 1 fully saturated rings. The van der Waals surface area contributed by atoms with E-state index in [0.717, 1.165) is 17.8 Å². The van der Waals surface area contributed by atoms with Crippen LogP contribution in [0.4, 0.5) is 4.39 Å². The van der Waals surface area contributed by atoms with E-state index in [9.17, 15) is 4.39 Å². The van der Waals surface area contributed by atoms with Crippen LogP contribution >= 0.6 is 0 Å². The Balaban J connectivity index is 2.03. The van der Waals surface area contributed by atoms with Gasteiger partial charge in [0.05, 0.1) is 0 Å². The van der Waals surface area contributed by atoms with E-state index >= 15 is 0 Å². The van der Waals surface area contributed by atoms with E-state index in [0.29, 0.717) is 6.04 Å². The third kappa shape index (κ3) is 3.82. The van der Waals surface area contributed by atoms with Crippen LogP contribution in [0.3, 0.4) is 0 Å². The first-order valence-electron chi connectivity index (χ1n) is 7.99. The van der Waals surface area contributed by atoms with E-state index in [1.165, 1.54) is 24.8 Å². The maximum absolute atomic E-state index is 13.0. The third-order valence-electron chi connectivity index (χ3n) is 4.86. The number of hydrogen-bond acceptors (Lipinski definition) is 1. The van der Waals surface area contributed by atoms with Gasteiger partial charge in [-0.3, -0.25) is 0 Å². The summed E-state index contributed by atoms with van der Waals surface area (Å²) in [6.45, 7) is 9.20. The van der Waals surface area contributed by atoms with Gasteiger partial charge in [-0.2, -0.15) is 0 Å². The maximum Gasteiger partial charge on any atom is 0.123 e. The highest BCUT2D eigenvalue weighted by Gasteiger charge is 2.31. The molecule has 2 heteroatoms. The first-order chi connectivity index (χ1) is 9.47. The van der Waals surface area contributed by atoms with E-state index in [4.69, 9.17) is 0 Å². The predicted molar refractivity (Wildman–Crippen MR) is 83.1 cm³/mol. The Bertz CT molecular complexity index is 412. The summed E-state index contributed by atoms with van der Waals surface area (Å²) < 4.78 is 13.0. The molecule has 0 bridgehead atoms. The van der Waals surface area contributed by atoms with Crippen molar-refractivity contribution in [2.45, 2.75) is 59.0 Å². The lowest BCUT2D eigenvalue weighted by Crippen LogP contribution is -2.43. The molecular formula is C18H28FN. The maximum atomic E-state index is 13.0. The molecule has 0 aliphatic heterocycles. The van der Waals surface area contributed by atoms with Crippen molar-refractivity contribution in [1.82, 2.24) is 5.32 Å². The van der Waals surface area contributed by atoms with E-state index in [1.807, 2.05) is 12.1 Å². The lowest BCUT2D eigenvalue weighted by molar-refractivity contribution is 0.161. The fourth-order valence-corrected chi connectivity index (χ4v) is 3.56. The van der Waals surface area contributed by atoms with Crippen LogP contribution in [0.15, 0.2) is 24.3 Å². The largest absolute Gasteiger partial charge is 0.307 e. The Morgan fingerprint density at radius 1 is 1.10 bits per heavy atom. The molecule has 0 aromatic heterocycles. The highest BCUT2D eigenvalue weighted by molar-refractivity contribution is 5.19. The molecule has 0 heterocycles. The van der Waals surface area contributed by atoms with Crippen molar-refractivity contribution in [3.05, 3.63) is 35.6 Å². The highest BCUT2D eigenvalue weighted by Crippen LogP contribution is 2.34. The predicted octanol–water partition coefficient (Wildman–Crippen LogP) is 4.94. The lowest BCUT2D eigenvalue weighted by atomic mass is 9.73. The second-order valence-corrected chi connectivity index (χ2v) is 6.87. The second-order valence-electron chi connectivity index (χ2n) is 6.87. The van der Waals surface area contributed by atoms with Gasteiger partial charge in [0.25, 0.3) is 0 Å². The molecule has 0 saturated heterocycles. The minimum absolute atomic E-state index is 0.160. The molecule has 1 aromatic carbocycles. The van der Waals surface area contributed by atoms with Crippen molar-refractivity contribution in [3.8, 4) is 0 Å². The summed E-state index contributed by atoms with van der Waals surface area (Å²) >= 11 is 0. The van der Waals surface area contributed by atoms with Crippen LogP contribution in [0.25, 0.3) is 0 Å². The van der Waals surface area contributed by atoms with Crippen LogP contribution in [0.2, 0.25) is 0 Å². The standard InChI is InChI=1S/C18H28FN/c1-12(2)17-10-5-13(3)11-18(17)20-14(4)15-6-8-16(19)9-7-15/h6-9,12-14,17-18,20H,5,10-11H2,1-4H3/t13?,14-,17?,18?/m0/s1. The molecule has 1 saturated carbocycles. The molecule has 2 rings (SSSR count). The fourth-order valence-electron chi connectivity index (χ4n) is 3.56. The van der Waals surface area contributed by atoms with Crippen molar-refractivity contribution >= 4 is 0 Å². The van der Waals surface area contributed by atoms with Gasteiger partial charge < -0.3 is 5.32 Å². The second kappa shape index (κ2) is 6.71. The van der Waals surface area contributed by atoms with Gasteiger partial charge in [-0.15, -0.1) is 0 Å². The SMILES string of the molecule is CC1CCC(C(C)C)C(N[C@@H](C)c2ccc(F)cc2)C1. The zero-order valence-corrected chi connectivity index (χ0v) is 13.2. The number of halogens is 1. The van der Waals surface area contributed by atoms with Crippen molar-refractivity contribution < 1.29 is 4.39 Å². The molecule has 1 N–H and O–H groups in total. The van der Waals surface area contributed by atoms with E-state index in [-0.39, 0.29) is 11.9 Å². The zero-order chi connectivity index (χ0) is 14.7. The third-order valence-corrected chi connectivity index (χ3v) is 4.86. The fraction of sp³-hybridized carbons (Fsp3) is 0.667. The van der Waals surface area contributed by atoms with Gasteiger partial charge in [0.2, 0.25) is 0 Å².